The first-order valence-electron chi connectivity index (χ1n) is 13.0. The number of carboxylic acids is 2. The number of aliphatic carboxylic acids is 2. The van der Waals surface area contributed by atoms with Gasteiger partial charge in [0.15, 0.2) is 5.60 Å². The van der Waals surface area contributed by atoms with Crippen LogP contribution < -0.4 is 0 Å². The highest BCUT2D eigenvalue weighted by atomic mass is 19.1. The SMILES string of the molecule is CN(CC(Cc1ccccn1)CN1CCC2(CC1)OCc1ccc(F)cc12)C(=O)CC(O)(CC(=O)O)C(=O)O. The van der Waals surface area contributed by atoms with Gasteiger partial charge in [0.25, 0.3) is 0 Å². The van der Waals surface area contributed by atoms with Gasteiger partial charge in [-0.05, 0) is 60.6 Å². The highest BCUT2D eigenvalue weighted by Gasteiger charge is 2.44. The molecule has 2 atom stereocenters. The number of hydrogen-bond donors (Lipinski definition) is 3. The standard InChI is InChI=1S/C28H34FN3O7/c1-31(24(33)14-27(38,26(36)37)15-25(34)35)16-19(12-22-4-2-3-9-30-22)17-32-10-7-28(8-11-32)23-13-21(29)6-5-20(23)18-39-28/h2-6,9,13,19,38H,7-8,10-12,14-18H2,1H3,(H,34,35)(H,36,37). The summed E-state index contributed by atoms with van der Waals surface area (Å²) < 4.78 is 20.1. The van der Waals surface area contributed by atoms with Crippen LogP contribution in [0.1, 0.15) is 42.5 Å². The molecule has 4 rings (SSSR count). The number of aromatic nitrogens is 1. The van der Waals surface area contributed by atoms with Crippen molar-refractivity contribution in [1.29, 1.82) is 0 Å². The van der Waals surface area contributed by atoms with Gasteiger partial charge in [-0.25, -0.2) is 9.18 Å². The molecule has 1 saturated heterocycles. The molecule has 3 N–H and O–H groups in total. The van der Waals surface area contributed by atoms with E-state index in [1.807, 2.05) is 18.2 Å². The summed E-state index contributed by atoms with van der Waals surface area (Å²) in [6.45, 7) is 2.77. The second kappa shape index (κ2) is 11.8. The van der Waals surface area contributed by atoms with Crippen LogP contribution in [0.5, 0.6) is 0 Å². The van der Waals surface area contributed by atoms with Crippen LogP contribution in [-0.4, -0.2) is 86.8 Å². The lowest BCUT2D eigenvalue weighted by Gasteiger charge is -2.41. The van der Waals surface area contributed by atoms with Gasteiger partial charge in [0, 0.05) is 45.1 Å². The summed E-state index contributed by atoms with van der Waals surface area (Å²) >= 11 is 0. The van der Waals surface area contributed by atoms with Crippen LogP contribution in [0.3, 0.4) is 0 Å². The van der Waals surface area contributed by atoms with Crippen molar-refractivity contribution in [2.75, 3.05) is 33.2 Å². The zero-order chi connectivity index (χ0) is 28.2. The van der Waals surface area contributed by atoms with E-state index in [0.29, 0.717) is 45.5 Å². The molecule has 11 heteroatoms. The molecule has 1 aromatic carbocycles. The van der Waals surface area contributed by atoms with Crippen LogP contribution in [0.2, 0.25) is 0 Å². The molecule has 39 heavy (non-hydrogen) atoms. The summed E-state index contributed by atoms with van der Waals surface area (Å²) in [4.78, 5) is 43.5. The smallest absolute Gasteiger partial charge is 0.336 e. The summed E-state index contributed by atoms with van der Waals surface area (Å²) in [7, 11) is 1.51. The van der Waals surface area contributed by atoms with Gasteiger partial charge in [-0.3, -0.25) is 14.6 Å². The highest BCUT2D eigenvalue weighted by molar-refractivity contribution is 5.90. The van der Waals surface area contributed by atoms with Gasteiger partial charge >= 0.3 is 11.9 Å². The lowest BCUT2D eigenvalue weighted by atomic mass is 9.83. The Hall–Kier alpha value is -3.41. The second-order valence-electron chi connectivity index (χ2n) is 10.6. The Morgan fingerprint density at radius 2 is 1.92 bits per heavy atom. The number of ether oxygens (including phenoxy) is 1. The number of carbonyl (C=O) groups is 3. The molecule has 210 valence electrons. The van der Waals surface area contributed by atoms with Gasteiger partial charge in [0.1, 0.15) is 5.82 Å². The molecule has 2 aromatic rings. The molecule has 1 aromatic heterocycles. The largest absolute Gasteiger partial charge is 0.481 e. The van der Waals surface area contributed by atoms with E-state index in [0.717, 1.165) is 16.8 Å². The molecule has 1 amide bonds. The third kappa shape index (κ3) is 6.78. The average molecular weight is 544 g/mol. The summed E-state index contributed by atoms with van der Waals surface area (Å²) in [5.74, 6) is -4.28. The number of benzene rings is 1. The fourth-order valence-corrected chi connectivity index (χ4v) is 5.61. The molecule has 0 radical (unpaired) electrons. The van der Waals surface area contributed by atoms with E-state index in [4.69, 9.17) is 9.84 Å². The minimum atomic E-state index is -2.69. The number of aliphatic hydroxyl groups is 1. The maximum atomic E-state index is 14.0. The van der Waals surface area contributed by atoms with Crippen LogP contribution in [0.25, 0.3) is 0 Å². The van der Waals surface area contributed by atoms with Crippen LogP contribution >= 0.6 is 0 Å². The molecular formula is C28H34FN3O7. The number of halogens is 1. The van der Waals surface area contributed by atoms with Crippen molar-refractivity contribution >= 4 is 17.8 Å². The molecule has 0 aliphatic carbocycles. The quantitative estimate of drug-likeness (QED) is 0.388. The number of carboxylic acid groups (broad SMARTS) is 2. The van der Waals surface area contributed by atoms with Gasteiger partial charge in [-0.15, -0.1) is 0 Å². The summed E-state index contributed by atoms with van der Waals surface area (Å²) in [6.07, 6.45) is 1.73. The average Bonchev–Trinajstić information content (AvgIpc) is 3.22. The predicted octanol–water partition coefficient (Wildman–Crippen LogP) is 2.04. The Labute approximate surface area is 226 Å². The normalized spacial score (nSPS) is 18.7. The van der Waals surface area contributed by atoms with Gasteiger partial charge < -0.3 is 29.9 Å². The van der Waals surface area contributed by atoms with Gasteiger partial charge in [0.2, 0.25) is 5.91 Å². The summed E-state index contributed by atoms with van der Waals surface area (Å²) in [5.41, 5.74) is -0.408. The van der Waals surface area contributed by atoms with Crippen molar-refractivity contribution in [3.8, 4) is 0 Å². The highest BCUT2D eigenvalue weighted by Crippen LogP contribution is 2.44. The zero-order valence-corrected chi connectivity index (χ0v) is 21.9. The number of carbonyl (C=O) groups excluding carboxylic acids is 1. The molecule has 10 nitrogen and oxygen atoms in total. The Morgan fingerprint density at radius 1 is 1.18 bits per heavy atom. The lowest BCUT2D eigenvalue weighted by Crippen LogP contribution is -2.48. The van der Waals surface area contributed by atoms with E-state index in [2.05, 4.69) is 9.88 Å². The van der Waals surface area contributed by atoms with E-state index in [9.17, 15) is 29.0 Å². The maximum Gasteiger partial charge on any atom is 0.336 e. The molecule has 1 fully saturated rings. The fourth-order valence-electron chi connectivity index (χ4n) is 5.61. The first-order chi connectivity index (χ1) is 18.5. The Bertz CT molecular complexity index is 1200. The van der Waals surface area contributed by atoms with Crippen molar-refractivity contribution < 1.29 is 38.8 Å². The van der Waals surface area contributed by atoms with Crippen molar-refractivity contribution in [1.82, 2.24) is 14.8 Å². The predicted molar refractivity (Wildman–Crippen MR) is 137 cm³/mol. The number of amides is 1. The molecule has 2 aliphatic heterocycles. The Balaban J connectivity index is 1.42. The number of rotatable bonds is 11. The van der Waals surface area contributed by atoms with Crippen LogP contribution in [0.15, 0.2) is 42.6 Å². The number of fused-ring (bicyclic) bond motifs is 2. The molecule has 0 bridgehead atoms. The van der Waals surface area contributed by atoms with Crippen molar-refractivity contribution in [3.63, 3.8) is 0 Å². The summed E-state index contributed by atoms with van der Waals surface area (Å²) in [6, 6.07) is 10.4. The molecule has 2 unspecified atom stereocenters. The number of nitrogens with zero attached hydrogens (tertiary/aromatic N) is 3. The Morgan fingerprint density at radius 3 is 2.56 bits per heavy atom. The minimum absolute atomic E-state index is 0.0745. The Kier molecular flexibility index (Phi) is 8.63. The van der Waals surface area contributed by atoms with Gasteiger partial charge in [0.05, 0.1) is 25.0 Å². The van der Waals surface area contributed by atoms with Crippen LogP contribution in [0, 0.1) is 11.7 Å². The number of pyridine rings is 1. The number of hydrogen-bond acceptors (Lipinski definition) is 7. The maximum absolute atomic E-state index is 14.0. The summed E-state index contributed by atoms with van der Waals surface area (Å²) in [5, 5.41) is 28.7. The van der Waals surface area contributed by atoms with Crippen molar-refractivity contribution in [2.45, 2.75) is 49.9 Å². The third-order valence-corrected chi connectivity index (χ3v) is 7.71. The van der Waals surface area contributed by atoms with E-state index >= 15 is 0 Å². The lowest BCUT2D eigenvalue weighted by molar-refractivity contribution is -0.169. The van der Waals surface area contributed by atoms with E-state index < -0.39 is 41.9 Å². The van der Waals surface area contributed by atoms with Crippen molar-refractivity contribution in [3.05, 3.63) is 65.2 Å². The molecule has 1 spiro atoms. The van der Waals surface area contributed by atoms with E-state index in [1.54, 1.807) is 18.3 Å². The van der Waals surface area contributed by atoms with Crippen LogP contribution in [-0.2, 0) is 37.7 Å². The van der Waals surface area contributed by atoms with E-state index in [1.165, 1.54) is 18.0 Å². The molecule has 0 saturated carbocycles. The van der Waals surface area contributed by atoms with Crippen LogP contribution in [0.4, 0.5) is 4.39 Å². The first kappa shape index (κ1) is 28.6. The number of likely N-dealkylation sites (tertiary alicyclic amines) is 1. The first-order valence-corrected chi connectivity index (χ1v) is 13.0. The third-order valence-electron chi connectivity index (χ3n) is 7.71. The number of piperidine rings is 1. The van der Waals surface area contributed by atoms with Gasteiger partial charge in [-0.2, -0.15) is 0 Å². The topological polar surface area (TPSA) is 140 Å². The van der Waals surface area contributed by atoms with Gasteiger partial charge in [-0.1, -0.05) is 12.1 Å². The molecule has 2 aliphatic rings. The van der Waals surface area contributed by atoms with E-state index in [-0.39, 0.29) is 18.3 Å². The molecule has 3 heterocycles. The second-order valence-corrected chi connectivity index (χ2v) is 10.6. The monoisotopic (exact) mass is 543 g/mol. The molecular weight excluding hydrogens is 509 g/mol. The minimum Gasteiger partial charge on any atom is -0.481 e. The zero-order valence-electron chi connectivity index (χ0n) is 21.9. The fraction of sp³-hybridized carbons (Fsp3) is 0.500. The van der Waals surface area contributed by atoms with Crippen molar-refractivity contribution in [2.24, 2.45) is 5.92 Å².